The minimum Gasteiger partial charge on any atom is -0.461 e. The second kappa shape index (κ2) is 5.66. The minimum absolute atomic E-state index is 0.0725. The summed E-state index contributed by atoms with van der Waals surface area (Å²) in [6, 6.07) is 9.70. The molecule has 0 unspecified atom stereocenters. The summed E-state index contributed by atoms with van der Waals surface area (Å²) >= 11 is 0. The van der Waals surface area contributed by atoms with Crippen molar-refractivity contribution in [3.8, 4) is 0 Å². The fourth-order valence-corrected chi connectivity index (χ4v) is 1.79. The van der Waals surface area contributed by atoms with Crippen LogP contribution in [0, 0.1) is 0 Å². The molecular weight excluding hydrogens is 204 g/mol. The zero-order valence-electron chi connectivity index (χ0n) is 9.22. The number of hydrogen-bond acceptors (Lipinski definition) is 3. The first-order chi connectivity index (χ1) is 7.84. The third-order valence-corrected chi connectivity index (χ3v) is 2.66. The summed E-state index contributed by atoms with van der Waals surface area (Å²) in [5, 5.41) is 0. The highest BCUT2D eigenvalue weighted by molar-refractivity contribution is 5.70. The Labute approximate surface area is 95.4 Å². The minimum atomic E-state index is -0.171. The molecule has 16 heavy (non-hydrogen) atoms. The number of carbonyl (C=O) groups excluding carboxylic acids is 1. The van der Waals surface area contributed by atoms with Crippen molar-refractivity contribution >= 4 is 5.97 Å². The first-order valence-electron chi connectivity index (χ1n) is 5.66. The van der Waals surface area contributed by atoms with Gasteiger partial charge in [0.05, 0.1) is 12.5 Å². The molecule has 0 radical (unpaired) electrons. The average Bonchev–Trinajstić information content (AvgIpc) is 2.81. The molecule has 0 saturated carbocycles. The van der Waals surface area contributed by atoms with E-state index < -0.39 is 0 Å². The van der Waals surface area contributed by atoms with E-state index in [9.17, 15) is 4.79 Å². The van der Waals surface area contributed by atoms with Gasteiger partial charge in [-0.25, -0.2) is 0 Å². The smallest absolute Gasteiger partial charge is 0.308 e. The molecule has 0 aliphatic carbocycles. The Morgan fingerprint density at radius 3 is 2.88 bits per heavy atom. The van der Waals surface area contributed by atoms with Crippen molar-refractivity contribution in [2.24, 2.45) is 0 Å². The van der Waals surface area contributed by atoms with Crippen LogP contribution in [0.3, 0.4) is 0 Å². The zero-order chi connectivity index (χ0) is 11.2. The largest absolute Gasteiger partial charge is 0.461 e. The van der Waals surface area contributed by atoms with Gasteiger partial charge in [-0.1, -0.05) is 30.3 Å². The lowest BCUT2D eigenvalue weighted by Gasteiger charge is -2.09. The molecule has 1 aliphatic heterocycles. The Kier molecular flexibility index (Phi) is 3.94. The highest BCUT2D eigenvalue weighted by atomic mass is 16.5. The number of carbonyl (C=O) groups is 1. The molecule has 3 heteroatoms. The van der Waals surface area contributed by atoms with Crippen molar-refractivity contribution < 1.29 is 14.3 Å². The highest BCUT2D eigenvalue weighted by Gasteiger charge is 2.19. The molecule has 0 amide bonds. The lowest BCUT2D eigenvalue weighted by Crippen LogP contribution is -2.14. The molecule has 0 aromatic heterocycles. The van der Waals surface area contributed by atoms with Crippen LogP contribution in [-0.2, 0) is 20.9 Å². The van der Waals surface area contributed by atoms with Crippen molar-refractivity contribution in [3.05, 3.63) is 35.9 Å². The summed E-state index contributed by atoms with van der Waals surface area (Å²) in [5.41, 5.74) is 1.02. The van der Waals surface area contributed by atoms with Crippen molar-refractivity contribution in [1.82, 2.24) is 0 Å². The van der Waals surface area contributed by atoms with Gasteiger partial charge in [0.2, 0.25) is 0 Å². The quantitative estimate of drug-likeness (QED) is 0.730. The molecule has 1 fully saturated rings. The van der Waals surface area contributed by atoms with E-state index in [-0.39, 0.29) is 12.1 Å². The van der Waals surface area contributed by atoms with Gasteiger partial charge in [-0.05, 0) is 18.4 Å². The van der Waals surface area contributed by atoms with Crippen LogP contribution in [0.1, 0.15) is 24.8 Å². The number of ether oxygens (including phenoxy) is 2. The Balaban J connectivity index is 1.71. The molecule has 1 atom stereocenters. The Bertz CT molecular complexity index is 328. The van der Waals surface area contributed by atoms with Crippen LogP contribution in [-0.4, -0.2) is 18.7 Å². The topological polar surface area (TPSA) is 35.5 Å². The lowest BCUT2D eigenvalue weighted by molar-refractivity contribution is -0.147. The maximum Gasteiger partial charge on any atom is 0.308 e. The van der Waals surface area contributed by atoms with Crippen LogP contribution in [0.25, 0.3) is 0 Å². The lowest BCUT2D eigenvalue weighted by atomic mass is 10.2. The fraction of sp³-hybridized carbons (Fsp3) is 0.462. The molecule has 1 heterocycles. The van der Waals surface area contributed by atoms with E-state index in [0.29, 0.717) is 13.0 Å². The zero-order valence-corrected chi connectivity index (χ0v) is 9.22. The van der Waals surface area contributed by atoms with Crippen LogP contribution in [0.4, 0.5) is 0 Å². The summed E-state index contributed by atoms with van der Waals surface area (Å²) in [4.78, 5) is 11.5. The normalized spacial score (nSPS) is 19.6. The van der Waals surface area contributed by atoms with Crippen molar-refractivity contribution in [2.75, 3.05) is 6.61 Å². The maximum absolute atomic E-state index is 11.5. The van der Waals surface area contributed by atoms with Gasteiger partial charge in [0.25, 0.3) is 0 Å². The molecule has 2 rings (SSSR count). The number of esters is 1. The van der Waals surface area contributed by atoms with Crippen LogP contribution in [0.2, 0.25) is 0 Å². The van der Waals surface area contributed by atoms with E-state index >= 15 is 0 Å². The summed E-state index contributed by atoms with van der Waals surface area (Å²) in [5.74, 6) is -0.171. The van der Waals surface area contributed by atoms with E-state index in [2.05, 4.69) is 0 Å². The average molecular weight is 220 g/mol. The van der Waals surface area contributed by atoms with Crippen LogP contribution in [0.5, 0.6) is 0 Å². The third-order valence-electron chi connectivity index (χ3n) is 2.66. The van der Waals surface area contributed by atoms with Gasteiger partial charge in [-0.2, -0.15) is 0 Å². The molecular formula is C13H16O3. The Hall–Kier alpha value is -1.35. The van der Waals surface area contributed by atoms with Crippen LogP contribution in [0.15, 0.2) is 30.3 Å². The van der Waals surface area contributed by atoms with Gasteiger partial charge < -0.3 is 9.47 Å². The molecule has 0 spiro atoms. The van der Waals surface area contributed by atoms with Crippen LogP contribution >= 0.6 is 0 Å². The number of hydrogen-bond donors (Lipinski definition) is 0. The number of benzene rings is 1. The summed E-state index contributed by atoms with van der Waals surface area (Å²) < 4.78 is 10.5. The van der Waals surface area contributed by atoms with E-state index in [4.69, 9.17) is 9.47 Å². The summed E-state index contributed by atoms with van der Waals surface area (Å²) in [7, 11) is 0. The molecule has 3 nitrogen and oxygen atoms in total. The summed E-state index contributed by atoms with van der Waals surface area (Å²) in [6.45, 7) is 1.13. The molecule has 1 aliphatic rings. The van der Waals surface area contributed by atoms with Crippen molar-refractivity contribution in [2.45, 2.75) is 32.0 Å². The van der Waals surface area contributed by atoms with E-state index in [1.54, 1.807) is 0 Å². The monoisotopic (exact) mass is 220 g/mol. The van der Waals surface area contributed by atoms with E-state index in [1.807, 2.05) is 30.3 Å². The molecule has 0 N–H and O–H groups in total. The first-order valence-corrected chi connectivity index (χ1v) is 5.66. The Morgan fingerprint density at radius 2 is 2.19 bits per heavy atom. The fourth-order valence-electron chi connectivity index (χ4n) is 1.79. The summed E-state index contributed by atoms with van der Waals surface area (Å²) in [6.07, 6.45) is 2.48. The van der Waals surface area contributed by atoms with Gasteiger partial charge >= 0.3 is 5.97 Å². The van der Waals surface area contributed by atoms with E-state index in [0.717, 1.165) is 25.0 Å². The Morgan fingerprint density at radius 1 is 1.38 bits per heavy atom. The molecule has 1 saturated heterocycles. The van der Waals surface area contributed by atoms with Gasteiger partial charge in [-0.15, -0.1) is 0 Å². The molecule has 86 valence electrons. The van der Waals surface area contributed by atoms with E-state index in [1.165, 1.54) is 0 Å². The second-order valence-electron chi connectivity index (χ2n) is 3.99. The van der Waals surface area contributed by atoms with Gasteiger partial charge in [0.15, 0.2) is 0 Å². The second-order valence-corrected chi connectivity index (χ2v) is 3.99. The molecule has 1 aromatic rings. The van der Waals surface area contributed by atoms with Crippen molar-refractivity contribution in [3.63, 3.8) is 0 Å². The highest BCUT2D eigenvalue weighted by Crippen LogP contribution is 2.16. The van der Waals surface area contributed by atoms with Crippen molar-refractivity contribution in [1.29, 1.82) is 0 Å². The standard InChI is InChI=1S/C13H16O3/c14-13(9-12-7-4-8-15-12)16-10-11-5-2-1-3-6-11/h1-3,5-6,12H,4,7-10H2/t12-/m0/s1. The first kappa shape index (κ1) is 11.1. The maximum atomic E-state index is 11.5. The van der Waals surface area contributed by atoms with Crippen LogP contribution < -0.4 is 0 Å². The third kappa shape index (κ3) is 3.35. The predicted octanol–water partition coefficient (Wildman–Crippen LogP) is 2.30. The van der Waals surface area contributed by atoms with Gasteiger partial charge in [0, 0.05) is 6.61 Å². The van der Waals surface area contributed by atoms with Gasteiger partial charge in [-0.3, -0.25) is 4.79 Å². The predicted molar refractivity (Wildman–Crippen MR) is 59.8 cm³/mol. The number of rotatable bonds is 4. The SMILES string of the molecule is O=C(C[C@@H]1CCCO1)OCc1ccccc1. The molecule has 0 bridgehead atoms. The molecule has 1 aromatic carbocycles. The van der Waals surface area contributed by atoms with Gasteiger partial charge in [0.1, 0.15) is 6.61 Å².